The van der Waals surface area contributed by atoms with Crippen molar-refractivity contribution in [2.24, 2.45) is 0 Å². The number of Topliss-reactive ketones (excluding diaryl/α,β-unsaturated/α-hetero) is 1. The van der Waals surface area contributed by atoms with E-state index in [9.17, 15) is 14.9 Å². The minimum atomic E-state index is -0.601. The smallest absolute Gasteiger partial charge is 0.293 e. The van der Waals surface area contributed by atoms with Crippen LogP contribution in [0.2, 0.25) is 0 Å². The number of carbonyl (C=O) groups excluding carboxylic acids is 1. The zero-order valence-electron chi connectivity index (χ0n) is 10.9. The topological polar surface area (TPSA) is 96.5 Å². The van der Waals surface area contributed by atoms with Crippen molar-refractivity contribution in [3.63, 3.8) is 0 Å². The third kappa shape index (κ3) is 2.75. The molecule has 1 unspecified atom stereocenters. The zero-order valence-corrected chi connectivity index (χ0v) is 10.9. The van der Waals surface area contributed by atoms with Crippen molar-refractivity contribution >= 4 is 17.2 Å². The second kappa shape index (κ2) is 5.67. The van der Waals surface area contributed by atoms with Crippen molar-refractivity contribution in [3.8, 4) is 6.07 Å². The van der Waals surface area contributed by atoms with Gasteiger partial charge in [-0.15, -0.1) is 0 Å². The van der Waals surface area contributed by atoms with Gasteiger partial charge >= 0.3 is 0 Å². The number of anilines is 1. The first-order valence-corrected chi connectivity index (χ1v) is 6.08. The predicted molar refractivity (Wildman–Crippen MR) is 70.7 cm³/mol. The molecule has 7 heteroatoms. The SMILES string of the molecule is CC(=O)c1ccc(N2CCOC(C#N)C2)c([N+](=O)[O-])c1. The molecule has 1 aromatic rings. The fraction of sp³-hybridized carbons (Fsp3) is 0.385. The summed E-state index contributed by atoms with van der Waals surface area (Å²) in [5.41, 5.74) is 0.574. The molecule has 0 aromatic heterocycles. The van der Waals surface area contributed by atoms with Crippen LogP contribution >= 0.6 is 0 Å². The van der Waals surface area contributed by atoms with Crippen molar-refractivity contribution < 1.29 is 14.5 Å². The van der Waals surface area contributed by atoms with Crippen LogP contribution < -0.4 is 4.90 Å². The van der Waals surface area contributed by atoms with Gasteiger partial charge in [0.2, 0.25) is 0 Å². The predicted octanol–water partition coefficient (Wildman–Crippen LogP) is 1.53. The summed E-state index contributed by atoms with van der Waals surface area (Å²) in [5, 5.41) is 20.0. The van der Waals surface area contributed by atoms with E-state index in [0.29, 0.717) is 24.4 Å². The van der Waals surface area contributed by atoms with Gasteiger partial charge in [-0.25, -0.2) is 0 Å². The molecule has 104 valence electrons. The fourth-order valence-corrected chi connectivity index (χ4v) is 2.10. The van der Waals surface area contributed by atoms with Gasteiger partial charge in [0.15, 0.2) is 11.9 Å². The maximum Gasteiger partial charge on any atom is 0.293 e. The average molecular weight is 275 g/mol. The van der Waals surface area contributed by atoms with Gasteiger partial charge in [0.1, 0.15) is 5.69 Å². The van der Waals surface area contributed by atoms with Crippen LogP contribution in [0.25, 0.3) is 0 Å². The van der Waals surface area contributed by atoms with Gasteiger partial charge in [-0.05, 0) is 19.1 Å². The van der Waals surface area contributed by atoms with Gasteiger partial charge in [-0.3, -0.25) is 14.9 Å². The number of ether oxygens (including phenoxy) is 1. The van der Waals surface area contributed by atoms with Crippen molar-refractivity contribution in [1.82, 2.24) is 0 Å². The number of benzene rings is 1. The molecule has 0 amide bonds. The number of ketones is 1. The summed E-state index contributed by atoms with van der Waals surface area (Å²) in [6, 6.07) is 6.37. The number of nitro groups is 1. The molecule has 1 aliphatic rings. The fourth-order valence-electron chi connectivity index (χ4n) is 2.10. The van der Waals surface area contributed by atoms with Gasteiger partial charge in [0.25, 0.3) is 5.69 Å². The van der Waals surface area contributed by atoms with E-state index in [-0.39, 0.29) is 18.0 Å². The standard InChI is InChI=1S/C13H13N3O4/c1-9(17)10-2-3-12(13(6-10)16(18)19)15-4-5-20-11(7-14)8-15/h2-3,6,11H,4-5,8H2,1H3. The molecule has 0 N–H and O–H groups in total. The second-order valence-corrected chi connectivity index (χ2v) is 4.45. The number of nitro benzene ring substituents is 1. The Morgan fingerprint density at radius 1 is 1.60 bits per heavy atom. The number of nitrogens with zero attached hydrogens (tertiary/aromatic N) is 3. The Balaban J connectivity index is 2.38. The normalized spacial score (nSPS) is 18.4. The third-order valence-electron chi connectivity index (χ3n) is 3.13. The van der Waals surface area contributed by atoms with Gasteiger partial charge in [0, 0.05) is 18.2 Å². The Hall–Kier alpha value is -2.46. The van der Waals surface area contributed by atoms with Crippen LogP contribution in [0.1, 0.15) is 17.3 Å². The van der Waals surface area contributed by atoms with Gasteiger partial charge in [-0.2, -0.15) is 5.26 Å². The molecule has 0 aliphatic carbocycles. The maximum absolute atomic E-state index is 11.3. The molecule has 0 bridgehead atoms. The molecule has 1 fully saturated rings. The minimum Gasteiger partial charge on any atom is -0.360 e. The van der Waals surface area contributed by atoms with Crippen LogP contribution in [0.5, 0.6) is 0 Å². The first kappa shape index (κ1) is 14.0. The Kier molecular flexibility index (Phi) is 3.96. The van der Waals surface area contributed by atoms with Crippen molar-refractivity contribution in [2.45, 2.75) is 13.0 Å². The number of hydrogen-bond donors (Lipinski definition) is 0. The average Bonchev–Trinajstić information content (AvgIpc) is 2.46. The van der Waals surface area contributed by atoms with E-state index in [1.807, 2.05) is 6.07 Å². The summed E-state index contributed by atoms with van der Waals surface area (Å²) < 4.78 is 5.21. The van der Waals surface area contributed by atoms with Crippen molar-refractivity contribution in [3.05, 3.63) is 33.9 Å². The van der Waals surface area contributed by atoms with E-state index in [1.165, 1.54) is 13.0 Å². The Morgan fingerprint density at radius 2 is 2.35 bits per heavy atom. The van der Waals surface area contributed by atoms with Crippen LogP contribution in [0.4, 0.5) is 11.4 Å². The summed E-state index contributed by atoms with van der Waals surface area (Å²) in [7, 11) is 0. The lowest BCUT2D eigenvalue weighted by molar-refractivity contribution is -0.384. The van der Waals surface area contributed by atoms with Gasteiger partial charge in [0.05, 0.1) is 24.1 Å². The molecule has 1 atom stereocenters. The molecule has 0 spiro atoms. The van der Waals surface area contributed by atoms with Crippen LogP contribution in [0.3, 0.4) is 0 Å². The Bertz CT molecular complexity index is 594. The van der Waals surface area contributed by atoms with E-state index in [4.69, 9.17) is 10.00 Å². The highest BCUT2D eigenvalue weighted by Crippen LogP contribution is 2.30. The lowest BCUT2D eigenvalue weighted by atomic mass is 10.1. The van der Waals surface area contributed by atoms with Crippen LogP contribution in [0, 0.1) is 21.4 Å². The highest BCUT2D eigenvalue weighted by molar-refractivity contribution is 5.95. The quantitative estimate of drug-likeness (QED) is 0.471. The van der Waals surface area contributed by atoms with E-state index >= 15 is 0 Å². The van der Waals surface area contributed by atoms with E-state index in [2.05, 4.69) is 0 Å². The molecule has 1 aliphatic heterocycles. The van der Waals surface area contributed by atoms with Gasteiger partial charge in [-0.1, -0.05) is 0 Å². The van der Waals surface area contributed by atoms with Crippen molar-refractivity contribution in [2.75, 3.05) is 24.6 Å². The van der Waals surface area contributed by atoms with Gasteiger partial charge < -0.3 is 9.64 Å². The monoisotopic (exact) mass is 275 g/mol. The van der Waals surface area contributed by atoms with E-state index in [1.54, 1.807) is 17.0 Å². The summed E-state index contributed by atoms with van der Waals surface area (Å²) in [4.78, 5) is 23.7. The Labute approximate surface area is 115 Å². The molecule has 1 heterocycles. The molecule has 0 radical (unpaired) electrons. The highest BCUT2D eigenvalue weighted by Gasteiger charge is 2.26. The number of morpholine rings is 1. The molecule has 2 rings (SSSR count). The first-order valence-electron chi connectivity index (χ1n) is 6.08. The number of carbonyl (C=O) groups is 1. The van der Waals surface area contributed by atoms with E-state index < -0.39 is 11.0 Å². The first-order chi connectivity index (χ1) is 9.52. The highest BCUT2D eigenvalue weighted by atomic mass is 16.6. The maximum atomic E-state index is 11.3. The second-order valence-electron chi connectivity index (χ2n) is 4.45. The molecule has 7 nitrogen and oxygen atoms in total. The lowest BCUT2D eigenvalue weighted by Crippen LogP contribution is -2.42. The summed E-state index contributed by atoms with van der Waals surface area (Å²) in [6.07, 6.45) is -0.601. The summed E-state index contributed by atoms with van der Waals surface area (Å²) in [6.45, 7) is 2.44. The van der Waals surface area contributed by atoms with E-state index in [0.717, 1.165) is 0 Å². The summed E-state index contributed by atoms with van der Waals surface area (Å²) in [5.74, 6) is -0.225. The number of nitriles is 1. The largest absolute Gasteiger partial charge is 0.360 e. The molecule has 0 saturated carbocycles. The van der Waals surface area contributed by atoms with Crippen LogP contribution in [-0.4, -0.2) is 36.5 Å². The molecular formula is C13H13N3O4. The number of hydrogen-bond acceptors (Lipinski definition) is 6. The molecule has 20 heavy (non-hydrogen) atoms. The molecule has 1 saturated heterocycles. The molecule has 1 aromatic carbocycles. The minimum absolute atomic E-state index is 0.128. The summed E-state index contributed by atoms with van der Waals surface area (Å²) >= 11 is 0. The molecular weight excluding hydrogens is 262 g/mol. The van der Waals surface area contributed by atoms with Crippen LogP contribution in [-0.2, 0) is 4.74 Å². The zero-order chi connectivity index (χ0) is 14.7. The van der Waals surface area contributed by atoms with Crippen LogP contribution in [0.15, 0.2) is 18.2 Å². The van der Waals surface area contributed by atoms with Crippen molar-refractivity contribution in [1.29, 1.82) is 5.26 Å². The number of rotatable bonds is 3. The third-order valence-corrected chi connectivity index (χ3v) is 3.13. The Morgan fingerprint density at radius 3 is 2.95 bits per heavy atom. The lowest BCUT2D eigenvalue weighted by Gasteiger charge is -2.31.